The first-order valence-electron chi connectivity index (χ1n) is 5.09. The van der Waals surface area contributed by atoms with Crippen LogP contribution in [0.15, 0.2) is 18.2 Å². The second-order valence-corrected chi connectivity index (χ2v) is 4.12. The monoisotopic (exact) mass is 249 g/mol. The van der Waals surface area contributed by atoms with E-state index in [0.717, 1.165) is 6.07 Å². The van der Waals surface area contributed by atoms with Crippen LogP contribution in [0.2, 0.25) is 0 Å². The van der Waals surface area contributed by atoms with Gasteiger partial charge >= 0.3 is 6.18 Å². The highest BCUT2D eigenvalue weighted by molar-refractivity contribution is 5.41. The fraction of sp³-hybridized carbons (Fsp3) is 0.455. The van der Waals surface area contributed by atoms with Crippen molar-refractivity contribution in [3.8, 4) is 5.75 Å². The average molecular weight is 249 g/mol. The maximum atomic E-state index is 13.0. The van der Waals surface area contributed by atoms with Crippen molar-refractivity contribution in [1.29, 1.82) is 0 Å². The van der Waals surface area contributed by atoms with Crippen LogP contribution in [-0.4, -0.2) is 18.3 Å². The molecule has 1 aliphatic heterocycles. The number of fused-ring (bicyclic) bond motifs is 1. The molecule has 2 nitrogen and oxygen atoms in total. The topological polar surface area (TPSA) is 35.2 Å². The minimum Gasteiger partial charge on any atom is -0.488 e. The Bertz CT molecular complexity index is 432. The van der Waals surface area contributed by atoms with Gasteiger partial charge in [-0.25, -0.2) is 4.39 Å². The Balaban J connectivity index is 2.28. The molecule has 6 heteroatoms. The highest BCUT2D eigenvalue weighted by Crippen LogP contribution is 2.41. The molecule has 1 aromatic carbocycles. The summed E-state index contributed by atoms with van der Waals surface area (Å²) in [5.41, 5.74) is 5.55. The molecule has 0 amide bonds. The van der Waals surface area contributed by atoms with Crippen LogP contribution in [0, 0.1) is 5.82 Å². The maximum Gasteiger partial charge on any atom is 0.407 e. The van der Waals surface area contributed by atoms with E-state index in [1.807, 2.05) is 0 Å². The number of benzene rings is 1. The highest BCUT2D eigenvalue weighted by atomic mass is 19.4. The van der Waals surface area contributed by atoms with Gasteiger partial charge in [0.1, 0.15) is 23.7 Å². The lowest BCUT2D eigenvalue weighted by Crippen LogP contribution is -2.50. The maximum absolute atomic E-state index is 13.0. The summed E-state index contributed by atoms with van der Waals surface area (Å²) in [7, 11) is 0. The number of halogens is 4. The summed E-state index contributed by atoms with van der Waals surface area (Å²) in [5, 5.41) is 0. The molecule has 0 radical (unpaired) electrons. The molecule has 3 atom stereocenters. The van der Waals surface area contributed by atoms with E-state index in [4.69, 9.17) is 10.5 Å². The molecular formula is C11H11F4NO. The van der Waals surface area contributed by atoms with Crippen molar-refractivity contribution in [1.82, 2.24) is 0 Å². The highest BCUT2D eigenvalue weighted by Gasteiger charge is 2.48. The van der Waals surface area contributed by atoms with Crippen molar-refractivity contribution in [2.75, 3.05) is 0 Å². The summed E-state index contributed by atoms with van der Waals surface area (Å²) < 4.78 is 55.6. The predicted molar refractivity (Wildman–Crippen MR) is 53.3 cm³/mol. The van der Waals surface area contributed by atoms with E-state index in [9.17, 15) is 17.6 Å². The average Bonchev–Trinajstić information content (AvgIpc) is 2.54. The van der Waals surface area contributed by atoms with Crippen LogP contribution in [0.4, 0.5) is 17.6 Å². The Morgan fingerprint density at radius 3 is 2.59 bits per heavy atom. The van der Waals surface area contributed by atoms with Crippen LogP contribution in [-0.2, 0) is 0 Å². The molecule has 2 rings (SSSR count). The number of ether oxygens (including phenoxy) is 1. The van der Waals surface area contributed by atoms with Crippen molar-refractivity contribution in [3.05, 3.63) is 29.6 Å². The molecule has 0 aromatic heterocycles. The van der Waals surface area contributed by atoms with Gasteiger partial charge in [0, 0.05) is 11.5 Å². The largest absolute Gasteiger partial charge is 0.488 e. The number of hydrogen-bond donors (Lipinski definition) is 1. The molecule has 1 heterocycles. The molecule has 1 aromatic rings. The number of hydrogen-bond acceptors (Lipinski definition) is 2. The zero-order chi connectivity index (χ0) is 12.8. The van der Waals surface area contributed by atoms with Crippen LogP contribution in [0.3, 0.4) is 0 Å². The molecular weight excluding hydrogens is 238 g/mol. The van der Waals surface area contributed by atoms with Gasteiger partial charge in [0.2, 0.25) is 0 Å². The van der Waals surface area contributed by atoms with Crippen molar-refractivity contribution < 1.29 is 22.3 Å². The molecule has 0 bridgehead atoms. The van der Waals surface area contributed by atoms with Gasteiger partial charge in [0.05, 0.1) is 0 Å². The van der Waals surface area contributed by atoms with E-state index in [0.29, 0.717) is 5.56 Å². The third-order valence-corrected chi connectivity index (χ3v) is 2.95. The third kappa shape index (κ3) is 2.09. The summed E-state index contributed by atoms with van der Waals surface area (Å²) in [6.07, 6.45) is -5.73. The van der Waals surface area contributed by atoms with Crippen molar-refractivity contribution in [2.45, 2.75) is 31.2 Å². The van der Waals surface area contributed by atoms with Gasteiger partial charge in [-0.15, -0.1) is 0 Å². The molecule has 94 valence electrons. The van der Waals surface area contributed by atoms with Gasteiger partial charge in [0.25, 0.3) is 0 Å². The first-order valence-corrected chi connectivity index (χ1v) is 5.09. The van der Waals surface area contributed by atoms with Crippen LogP contribution < -0.4 is 10.5 Å². The smallest absolute Gasteiger partial charge is 0.407 e. The van der Waals surface area contributed by atoms with Gasteiger partial charge in [-0.2, -0.15) is 13.2 Å². The summed E-state index contributed by atoms with van der Waals surface area (Å²) in [6, 6.07) is 1.58. The van der Waals surface area contributed by atoms with E-state index in [1.54, 1.807) is 6.92 Å². The quantitative estimate of drug-likeness (QED) is 0.776. The standard InChI is InChI=1S/C11H11F4NO/c1-5-7-4-6(12)2-3-8(7)17-9(5)10(16)11(13,14)15/h2-5,9-10H,16H2,1H3. The Hall–Kier alpha value is -1.30. The fourth-order valence-electron chi connectivity index (χ4n) is 1.98. The minimum atomic E-state index is -4.53. The van der Waals surface area contributed by atoms with Gasteiger partial charge in [-0.05, 0) is 18.2 Å². The Morgan fingerprint density at radius 1 is 1.35 bits per heavy atom. The van der Waals surface area contributed by atoms with Crippen molar-refractivity contribution in [2.24, 2.45) is 5.73 Å². The SMILES string of the molecule is CC1c2cc(F)ccc2OC1C(N)C(F)(F)F. The van der Waals surface area contributed by atoms with E-state index < -0.39 is 30.1 Å². The normalized spacial score (nSPS) is 25.3. The summed E-state index contributed by atoms with van der Waals surface area (Å²) in [5.74, 6) is -0.818. The van der Waals surface area contributed by atoms with E-state index in [-0.39, 0.29) is 5.75 Å². The fourth-order valence-corrected chi connectivity index (χ4v) is 1.98. The molecule has 1 aliphatic rings. The van der Waals surface area contributed by atoms with Crippen molar-refractivity contribution in [3.63, 3.8) is 0 Å². The lowest BCUT2D eigenvalue weighted by molar-refractivity contribution is -0.165. The van der Waals surface area contributed by atoms with Crippen LogP contribution in [0.25, 0.3) is 0 Å². The van der Waals surface area contributed by atoms with Gasteiger partial charge in [-0.1, -0.05) is 6.92 Å². The van der Waals surface area contributed by atoms with Gasteiger partial charge in [-0.3, -0.25) is 0 Å². The lowest BCUT2D eigenvalue weighted by atomic mass is 9.93. The third-order valence-electron chi connectivity index (χ3n) is 2.95. The van der Waals surface area contributed by atoms with E-state index in [1.165, 1.54) is 12.1 Å². The van der Waals surface area contributed by atoms with Gasteiger partial charge < -0.3 is 10.5 Å². The van der Waals surface area contributed by atoms with Crippen LogP contribution in [0.1, 0.15) is 18.4 Å². The van der Waals surface area contributed by atoms with E-state index in [2.05, 4.69) is 0 Å². The van der Waals surface area contributed by atoms with Gasteiger partial charge in [0.15, 0.2) is 0 Å². The molecule has 2 N–H and O–H groups in total. The summed E-state index contributed by atoms with van der Waals surface area (Å²) in [6.45, 7) is 1.54. The minimum absolute atomic E-state index is 0.267. The number of alkyl halides is 3. The van der Waals surface area contributed by atoms with Crippen LogP contribution >= 0.6 is 0 Å². The zero-order valence-electron chi connectivity index (χ0n) is 8.96. The van der Waals surface area contributed by atoms with Crippen molar-refractivity contribution >= 4 is 0 Å². The van der Waals surface area contributed by atoms with E-state index >= 15 is 0 Å². The second kappa shape index (κ2) is 3.87. The zero-order valence-corrected chi connectivity index (χ0v) is 8.96. The second-order valence-electron chi connectivity index (χ2n) is 4.12. The molecule has 3 unspecified atom stereocenters. The number of rotatable bonds is 1. The summed E-state index contributed by atoms with van der Waals surface area (Å²) >= 11 is 0. The Kier molecular flexibility index (Phi) is 2.77. The number of nitrogens with two attached hydrogens (primary N) is 1. The Morgan fingerprint density at radius 2 is 2.00 bits per heavy atom. The lowest BCUT2D eigenvalue weighted by Gasteiger charge is -2.24. The molecule has 0 saturated heterocycles. The molecule has 0 fully saturated rings. The first kappa shape index (κ1) is 12.2. The summed E-state index contributed by atoms with van der Waals surface area (Å²) in [4.78, 5) is 0. The van der Waals surface area contributed by atoms with Crippen LogP contribution in [0.5, 0.6) is 5.75 Å². The molecule has 17 heavy (non-hydrogen) atoms. The molecule has 0 spiro atoms. The predicted octanol–water partition coefficient (Wildman–Crippen LogP) is 2.58. The first-order chi connectivity index (χ1) is 7.80. The molecule has 0 aliphatic carbocycles. The Labute approximate surface area is 95.4 Å². The molecule has 0 saturated carbocycles.